The second kappa shape index (κ2) is 6.89. The predicted octanol–water partition coefficient (Wildman–Crippen LogP) is 3.98. The van der Waals surface area contributed by atoms with Gasteiger partial charge in [-0.15, -0.1) is 0 Å². The zero-order chi connectivity index (χ0) is 17.9. The van der Waals surface area contributed by atoms with E-state index in [2.05, 4.69) is 15.3 Å². The first-order valence-electron chi connectivity index (χ1n) is 8.11. The van der Waals surface area contributed by atoms with Crippen molar-refractivity contribution >= 4 is 18.4 Å². The van der Waals surface area contributed by atoms with Crippen LogP contribution < -0.4 is 0 Å². The maximum absolute atomic E-state index is 5.21. The van der Waals surface area contributed by atoms with Gasteiger partial charge in [-0.3, -0.25) is 5.10 Å². The van der Waals surface area contributed by atoms with Gasteiger partial charge < -0.3 is 0 Å². The van der Waals surface area contributed by atoms with Gasteiger partial charge in [0.2, 0.25) is 4.77 Å². The van der Waals surface area contributed by atoms with Crippen molar-refractivity contribution in [2.75, 3.05) is 0 Å². The Balaban J connectivity index is 1.82. The van der Waals surface area contributed by atoms with Crippen molar-refractivity contribution in [2.45, 2.75) is 6.92 Å². The van der Waals surface area contributed by atoms with Gasteiger partial charge in [0.15, 0.2) is 0 Å². The minimum Gasteiger partial charge on any atom is -0.250 e. The summed E-state index contributed by atoms with van der Waals surface area (Å²) in [5.74, 6) is 0.697. The van der Waals surface area contributed by atoms with E-state index in [0.717, 1.165) is 22.5 Å². The number of hydrogen-bond acceptors (Lipinski definition) is 4. The van der Waals surface area contributed by atoms with E-state index in [1.165, 1.54) is 0 Å². The average molecular weight is 360 g/mol. The molecule has 2 aromatic carbocycles. The summed E-state index contributed by atoms with van der Waals surface area (Å²) < 4.78 is 3.89. The highest BCUT2D eigenvalue weighted by molar-refractivity contribution is 7.71. The van der Waals surface area contributed by atoms with E-state index in [9.17, 15) is 0 Å². The van der Waals surface area contributed by atoms with Crippen LogP contribution in [0, 0.1) is 11.7 Å². The molecule has 0 aliphatic heterocycles. The number of nitrogens with one attached hydrogen (secondary N) is 1. The zero-order valence-electron chi connectivity index (χ0n) is 14.1. The third-order valence-electron chi connectivity index (χ3n) is 3.94. The number of nitrogens with zero attached hydrogens (tertiary/aromatic N) is 5. The van der Waals surface area contributed by atoms with Crippen LogP contribution in [0.3, 0.4) is 0 Å². The molecule has 0 saturated carbocycles. The topological polar surface area (TPSA) is 63.8 Å². The SMILES string of the molecule is Cc1n[nH]c(=S)n1/N=C\c1cn(-c2ccccc2)nc1-c1ccccc1. The van der Waals surface area contributed by atoms with Crippen molar-refractivity contribution in [3.05, 3.63) is 83.0 Å². The Hall–Kier alpha value is -3.32. The maximum atomic E-state index is 5.21. The van der Waals surface area contributed by atoms with Gasteiger partial charge in [-0.25, -0.2) is 4.68 Å². The van der Waals surface area contributed by atoms with Crippen molar-refractivity contribution in [3.8, 4) is 16.9 Å². The second-order valence-electron chi connectivity index (χ2n) is 5.71. The molecule has 6 nitrogen and oxygen atoms in total. The predicted molar refractivity (Wildman–Crippen MR) is 104 cm³/mol. The molecule has 0 amide bonds. The highest BCUT2D eigenvalue weighted by atomic mass is 32.1. The molecule has 4 aromatic rings. The van der Waals surface area contributed by atoms with Gasteiger partial charge in [0.05, 0.1) is 11.9 Å². The van der Waals surface area contributed by atoms with Gasteiger partial charge in [0, 0.05) is 17.3 Å². The Morgan fingerprint density at radius 2 is 1.73 bits per heavy atom. The molecule has 26 heavy (non-hydrogen) atoms. The van der Waals surface area contributed by atoms with Gasteiger partial charge in [0.25, 0.3) is 0 Å². The molecule has 0 saturated heterocycles. The Bertz CT molecular complexity index is 1110. The summed E-state index contributed by atoms with van der Waals surface area (Å²) >= 11 is 5.21. The molecule has 2 heterocycles. The lowest BCUT2D eigenvalue weighted by atomic mass is 10.1. The Morgan fingerprint density at radius 3 is 2.38 bits per heavy atom. The normalized spacial score (nSPS) is 11.3. The molecule has 0 aliphatic rings. The minimum atomic E-state index is 0.454. The molecule has 128 valence electrons. The lowest BCUT2D eigenvalue weighted by molar-refractivity contribution is 0.821. The van der Waals surface area contributed by atoms with Crippen molar-refractivity contribution < 1.29 is 0 Å². The molecule has 4 rings (SSSR count). The number of para-hydroxylation sites is 1. The van der Waals surface area contributed by atoms with Crippen LogP contribution in [0.25, 0.3) is 16.9 Å². The summed E-state index contributed by atoms with van der Waals surface area (Å²) in [4.78, 5) is 0. The monoisotopic (exact) mass is 360 g/mol. The van der Waals surface area contributed by atoms with Gasteiger partial charge in [-0.05, 0) is 31.3 Å². The molecule has 1 N–H and O–H groups in total. The average Bonchev–Trinajstić information content (AvgIpc) is 3.25. The third kappa shape index (κ3) is 3.12. The number of benzene rings is 2. The van der Waals surface area contributed by atoms with Crippen LogP contribution in [-0.4, -0.2) is 30.9 Å². The molecular weight excluding hydrogens is 344 g/mol. The van der Waals surface area contributed by atoms with Crippen LogP contribution in [0.15, 0.2) is 72.0 Å². The van der Waals surface area contributed by atoms with E-state index in [1.807, 2.05) is 78.5 Å². The molecular formula is C19H16N6S. The van der Waals surface area contributed by atoms with Crippen LogP contribution in [0.1, 0.15) is 11.4 Å². The molecule has 0 bridgehead atoms. The highest BCUT2D eigenvalue weighted by Gasteiger charge is 2.11. The first-order valence-corrected chi connectivity index (χ1v) is 8.52. The van der Waals surface area contributed by atoms with Gasteiger partial charge in [0.1, 0.15) is 11.5 Å². The van der Waals surface area contributed by atoms with Gasteiger partial charge >= 0.3 is 0 Å². The lowest BCUT2D eigenvalue weighted by Gasteiger charge is -2.00. The van der Waals surface area contributed by atoms with E-state index in [1.54, 1.807) is 10.9 Å². The standard InChI is InChI=1S/C19H16N6S/c1-14-21-22-19(26)25(14)20-12-16-13-24(17-10-6-3-7-11-17)23-18(16)15-8-4-2-5-9-15/h2-13H,1H3,(H,22,26)/b20-12-. The van der Waals surface area contributed by atoms with E-state index < -0.39 is 0 Å². The number of hydrogen-bond donors (Lipinski definition) is 1. The number of aromatic nitrogens is 5. The summed E-state index contributed by atoms with van der Waals surface area (Å²) in [6.07, 6.45) is 3.72. The highest BCUT2D eigenvalue weighted by Crippen LogP contribution is 2.22. The van der Waals surface area contributed by atoms with Crippen LogP contribution in [0.5, 0.6) is 0 Å². The molecule has 0 spiro atoms. The Kier molecular flexibility index (Phi) is 4.28. The number of aromatic amines is 1. The van der Waals surface area contributed by atoms with Crippen LogP contribution >= 0.6 is 12.2 Å². The molecule has 2 aromatic heterocycles. The Labute approximate surface area is 155 Å². The van der Waals surface area contributed by atoms with E-state index >= 15 is 0 Å². The van der Waals surface area contributed by atoms with E-state index in [4.69, 9.17) is 17.3 Å². The fourth-order valence-electron chi connectivity index (χ4n) is 2.64. The first-order chi connectivity index (χ1) is 12.7. The first kappa shape index (κ1) is 16.2. The summed E-state index contributed by atoms with van der Waals surface area (Å²) in [6.45, 7) is 1.84. The minimum absolute atomic E-state index is 0.454. The van der Waals surface area contributed by atoms with Crippen molar-refractivity contribution in [2.24, 2.45) is 5.10 Å². The second-order valence-corrected chi connectivity index (χ2v) is 6.10. The van der Waals surface area contributed by atoms with E-state index in [-0.39, 0.29) is 0 Å². The smallest absolute Gasteiger partial charge is 0.216 e. The molecule has 7 heteroatoms. The molecule has 0 fully saturated rings. The quantitative estimate of drug-likeness (QED) is 0.442. The van der Waals surface area contributed by atoms with Crippen molar-refractivity contribution in [1.29, 1.82) is 0 Å². The van der Waals surface area contributed by atoms with Crippen LogP contribution in [-0.2, 0) is 0 Å². The molecule has 0 aliphatic carbocycles. The van der Waals surface area contributed by atoms with Gasteiger partial charge in [-0.1, -0.05) is 48.5 Å². The fourth-order valence-corrected chi connectivity index (χ4v) is 2.87. The third-order valence-corrected chi connectivity index (χ3v) is 4.20. The van der Waals surface area contributed by atoms with E-state index in [0.29, 0.717) is 10.6 Å². The summed E-state index contributed by atoms with van der Waals surface area (Å²) in [7, 11) is 0. The van der Waals surface area contributed by atoms with Crippen LogP contribution in [0.2, 0.25) is 0 Å². The lowest BCUT2D eigenvalue weighted by Crippen LogP contribution is -1.94. The number of H-pyrrole nitrogens is 1. The molecule has 0 atom stereocenters. The van der Waals surface area contributed by atoms with Crippen molar-refractivity contribution in [1.82, 2.24) is 24.7 Å². The van der Waals surface area contributed by atoms with Crippen LogP contribution in [0.4, 0.5) is 0 Å². The summed E-state index contributed by atoms with van der Waals surface area (Å²) in [6, 6.07) is 20.0. The Morgan fingerprint density at radius 1 is 1.04 bits per heavy atom. The summed E-state index contributed by atoms with van der Waals surface area (Å²) in [5, 5.41) is 16.0. The summed E-state index contributed by atoms with van der Waals surface area (Å²) in [5.41, 5.74) is 3.75. The fraction of sp³-hybridized carbons (Fsp3) is 0.0526. The molecule has 0 radical (unpaired) electrons. The van der Waals surface area contributed by atoms with Crippen molar-refractivity contribution in [3.63, 3.8) is 0 Å². The zero-order valence-corrected chi connectivity index (χ0v) is 14.9. The number of rotatable bonds is 4. The molecule has 0 unspecified atom stereocenters. The van der Waals surface area contributed by atoms with Gasteiger partial charge in [-0.2, -0.15) is 20.0 Å². The largest absolute Gasteiger partial charge is 0.250 e. The number of aryl methyl sites for hydroxylation is 1. The maximum Gasteiger partial charge on any atom is 0.216 e.